The molecule has 3 aromatic rings. The summed E-state index contributed by atoms with van der Waals surface area (Å²) in [5.74, 6) is -0.373. The van der Waals surface area contributed by atoms with Crippen molar-refractivity contribution in [3.63, 3.8) is 0 Å². The maximum Gasteiger partial charge on any atom is 0.203 e. The second kappa shape index (κ2) is 6.28. The molecule has 1 aromatic heterocycles. The predicted octanol–water partition coefficient (Wildman–Crippen LogP) is 3.67. The van der Waals surface area contributed by atoms with Crippen molar-refractivity contribution in [1.29, 1.82) is 0 Å². The fourth-order valence-corrected chi connectivity index (χ4v) is 2.54. The van der Waals surface area contributed by atoms with E-state index in [4.69, 9.17) is 0 Å². The van der Waals surface area contributed by atoms with E-state index >= 15 is 0 Å². The number of aromatic nitrogens is 1. The first-order valence-corrected chi connectivity index (χ1v) is 7.43. The van der Waals surface area contributed by atoms with Crippen molar-refractivity contribution >= 4 is 22.7 Å². The van der Waals surface area contributed by atoms with Gasteiger partial charge in [-0.2, -0.15) is 5.10 Å². The number of anilines is 1. The molecule has 5 nitrogen and oxygen atoms in total. The summed E-state index contributed by atoms with van der Waals surface area (Å²) in [5, 5.41) is 25.7. The zero-order valence-electron chi connectivity index (χ0n) is 11.5. The number of hydrogen-bond acceptors (Lipinski definition) is 6. The SMILES string of the molecule is Oc1cccc(/C=N/Nc2nc(-c3ccccc3)cs2)c1O. The number of nitrogens with zero attached hydrogens (tertiary/aromatic N) is 2. The largest absolute Gasteiger partial charge is 0.504 e. The molecule has 0 bridgehead atoms. The third-order valence-corrected chi connectivity index (χ3v) is 3.73. The number of rotatable bonds is 4. The molecular formula is C16H13N3O2S. The van der Waals surface area contributed by atoms with E-state index in [9.17, 15) is 10.2 Å². The van der Waals surface area contributed by atoms with Gasteiger partial charge in [-0.25, -0.2) is 4.98 Å². The van der Waals surface area contributed by atoms with E-state index in [1.807, 2.05) is 35.7 Å². The van der Waals surface area contributed by atoms with Gasteiger partial charge in [-0.1, -0.05) is 36.4 Å². The molecule has 3 N–H and O–H groups in total. The van der Waals surface area contributed by atoms with Crippen LogP contribution in [0.15, 0.2) is 59.0 Å². The van der Waals surface area contributed by atoms with Gasteiger partial charge in [0.05, 0.1) is 11.9 Å². The fraction of sp³-hybridized carbons (Fsp3) is 0. The minimum Gasteiger partial charge on any atom is -0.504 e. The minimum atomic E-state index is -0.197. The van der Waals surface area contributed by atoms with E-state index in [1.54, 1.807) is 12.1 Å². The highest BCUT2D eigenvalue weighted by Crippen LogP contribution is 2.27. The Kier molecular flexibility index (Phi) is 4.02. The number of phenolic OH excluding ortho intramolecular Hbond substituents is 2. The van der Waals surface area contributed by atoms with E-state index in [0.29, 0.717) is 10.7 Å². The summed E-state index contributed by atoms with van der Waals surface area (Å²) in [6.45, 7) is 0. The van der Waals surface area contributed by atoms with Crippen LogP contribution in [0.4, 0.5) is 5.13 Å². The standard InChI is InChI=1S/C16H13N3O2S/c20-14-8-4-7-12(15(14)21)9-17-19-16-18-13(10-22-16)11-5-2-1-3-6-11/h1-10,20-21H,(H,18,19)/b17-9+. The number of hydrazone groups is 1. The highest BCUT2D eigenvalue weighted by atomic mass is 32.1. The number of nitrogens with one attached hydrogen (secondary N) is 1. The monoisotopic (exact) mass is 311 g/mol. The van der Waals surface area contributed by atoms with Crippen LogP contribution in [0.25, 0.3) is 11.3 Å². The Morgan fingerprint density at radius 3 is 2.68 bits per heavy atom. The maximum absolute atomic E-state index is 9.67. The first-order chi connectivity index (χ1) is 10.7. The number of thiazole rings is 1. The van der Waals surface area contributed by atoms with E-state index in [1.165, 1.54) is 23.6 Å². The Hall–Kier alpha value is -2.86. The molecule has 0 radical (unpaired) electrons. The summed E-state index contributed by atoms with van der Waals surface area (Å²) in [6, 6.07) is 14.6. The van der Waals surface area contributed by atoms with Crippen LogP contribution >= 0.6 is 11.3 Å². The highest BCUT2D eigenvalue weighted by Gasteiger charge is 2.04. The number of phenols is 2. The number of aromatic hydroxyl groups is 2. The number of para-hydroxylation sites is 1. The molecule has 0 spiro atoms. The molecule has 22 heavy (non-hydrogen) atoms. The molecule has 0 aliphatic heterocycles. The van der Waals surface area contributed by atoms with E-state index in [0.717, 1.165) is 11.3 Å². The van der Waals surface area contributed by atoms with Gasteiger partial charge in [0, 0.05) is 16.5 Å². The molecule has 3 rings (SSSR count). The van der Waals surface area contributed by atoms with Crippen molar-refractivity contribution < 1.29 is 10.2 Å². The molecular weight excluding hydrogens is 298 g/mol. The third-order valence-electron chi connectivity index (χ3n) is 2.98. The molecule has 2 aromatic carbocycles. The lowest BCUT2D eigenvalue weighted by Gasteiger charge is -2.00. The van der Waals surface area contributed by atoms with Crippen LogP contribution in [0, 0.1) is 0 Å². The average Bonchev–Trinajstić information content (AvgIpc) is 3.01. The average molecular weight is 311 g/mol. The lowest BCUT2D eigenvalue weighted by molar-refractivity contribution is 0.403. The minimum absolute atomic E-state index is 0.176. The Morgan fingerprint density at radius 1 is 1.05 bits per heavy atom. The van der Waals surface area contributed by atoms with Gasteiger partial charge in [-0.3, -0.25) is 5.43 Å². The molecule has 0 atom stereocenters. The molecule has 0 saturated heterocycles. The van der Waals surface area contributed by atoms with E-state index in [2.05, 4.69) is 15.5 Å². The zero-order chi connectivity index (χ0) is 15.4. The number of hydrogen-bond donors (Lipinski definition) is 3. The Balaban J connectivity index is 1.71. The second-order valence-corrected chi connectivity index (χ2v) is 5.35. The highest BCUT2D eigenvalue weighted by molar-refractivity contribution is 7.14. The van der Waals surface area contributed by atoms with Gasteiger partial charge < -0.3 is 10.2 Å². The van der Waals surface area contributed by atoms with Crippen LogP contribution in [0.2, 0.25) is 0 Å². The first-order valence-electron chi connectivity index (χ1n) is 6.55. The van der Waals surface area contributed by atoms with Gasteiger partial charge >= 0.3 is 0 Å². The molecule has 6 heteroatoms. The Labute approximate surface area is 131 Å². The van der Waals surface area contributed by atoms with Crippen LogP contribution in [0.3, 0.4) is 0 Å². The summed E-state index contributed by atoms with van der Waals surface area (Å²) in [6.07, 6.45) is 1.43. The topological polar surface area (TPSA) is 77.7 Å². The van der Waals surface area contributed by atoms with Gasteiger partial charge in [-0.15, -0.1) is 11.3 Å². The smallest absolute Gasteiger partial charge is 0.203 e. The Bertz CT molecular complexity index is 800. The zero-order valence-corrected chi connectivity index (χ0v) is 12.3. The molecule has 0 aliphatic carbocycles. The molecule has 0 fully saturated rings. The fourth-order valence-electron chi connectivity index (χ4n) is 1.88. The molecule has 0 amide bonds. The Morgan fingerprint density at radius 2 is 1.86 bits per heavy atom. The summed E-state index contributed by atoms with van der Waals surface area (Å²) in [7, 11) is 0. The molecule has 110 valence electrons. The van der Waals surface area contributed by atoms with E-state index < -0.39 is 0 Å². The van der Waals surface area contributed by atoms with Gasteiger partial charge in [0.1, 0.15) is 0 Å². The predicted molar refractivity (Wildman–Crippen MR) is 88.5 cm³/mol. The summed E-state index contributed by atoms with van der Waals surface area (Å²) >= 11 is 1.44. The van der Waals surface area contributed by atoms with Crippen LogP contribution in [-0.2, 0) is 0 Å². The molecule has 1 heterocycles. The lowest BCUT2D eigenvalue weighted by Crippen LogP contribution is -1.90. The normalized spacial score (nSPS) is 10.9. The van der Waals surface area contributed by atoms with Crippen molar-refractivity contribution in [3.8, 4) is 22.8 Å². The van der Waals surface area contributed by atoms with Gasteiger partial charge in [0.2, 0.25) is 5.13 Å². The molecule has 0 aliphatic rings. The quantitative estimate of drug-likeness (QED) is 0.390. The maximum atomic E-state index is 9.67. The molecule has 0 unspecified atom stereocenters. The van der Waals surface area contributed by atoms with Crippen molar-refractivity contribution in [2.45, 2.75) is 0 Å². The van der Waals surface area contributed by atoms with Gasteiger partial charge in [0.25, 0.3) is 0 Å². The summed E-state index contributed by atoms with van der Waals surface area (Å²) < 4.78 is 0. The molecule has 0 saturated carbocycles. The van der Waals surface area contributed by atoms with Crippen molar-refractivity contribution in [2.75, 3.05) is 5.43 Å². The van der Waals surface area contributed by atoms with E-state index in [-0.39, 0.29) is 11.5 Å². The summed E-state index contributed by atoms with van der Waals surface area (Å²) in [5.41, 5.74) is 5.16. The summed E-state index contributed by atoms with van der Waals surface area (Å²) in [4.78, 5) is 4.43. The van der Waals surface area contributed by atoms with Crippen molar-refractivity contribution in [1.82, 2.24) is 4.98 Å². The van der Waals surface area contributed by atoms with Gasteiger partial charge in [0.15, 0.2) is 11.5 Å². The van der Waals surface area contributed by atoms with Crippen LogP contribution in [-0.4, -0.2) is 21.4 Å². The third kappa shape index (κ3) is 3.07. The second-order valence-electron chi connectivity index (χ2n) is 4.49. The van der Waals surface area contributed by atoms with Gasteiger partial charge in [-0.05, 0) is 12.1 Å². The number of benzene rings is 2. The van der Waals surface area contributed by atoms with Crippen LogP contribution in [0.1, 0.15) is 5.56 Å². The van der Waals surface area contributed by atoms with Crippen LogP contribution < -0.4 is 5.43 Å². The first kappa shape index (κ1) is 14.1. The van der Waals surface area contributed by atoms with Crippen molar-refractivity contribution in [3.05, 3.63) is 59.5 Å². The van der Waals surface area contributed by atoms with Crippen molar-refractivity contribution in [2.24, 2.45) is 5.10 Å². The lowest BCUT2D eigenvalue weighted by atomic mass is 10.2. The van der Waals surface area contributed by atoms with Crippen LogP contribution in [0.5, 0.6) is 11.5 Å².